The Morgan fingerprint density at radius 2 is 1.92 bits per heavy atom. The maximum atomic E-state index is 12.1. The molecule has 0 bridgehead atoms. The molecule has 1 aliphatic rings. The number of fused-ring (bicyclic) bond motifs is 2. The van der Waals surface area contributed by atoms with E-state index in [1.54, 1.807) is 24.3 Å². The van der Waals surface area contributed by atoms with Crippen LogP contribution in [0.15, 0.2) is 47.3 Å². The van der Waals surface area contributed by atoms with Gasteiger partial charge in [-0.05, 0) is 24.3 Å². The van der Waals surface area contributed by atoms with Gasteiger partial charge in [-0.25, -0.2) is 4.98 Å². The number of nitrogens with one attached hydrogen (secondary N) is 2. The van der Waals surface area contributed by atoms with E-state index in [0.717, 1.165) is 5.69 Å². The van der Waals surface area contributed by atoms with Gasteiger partial charge < -0.3 is 19.8 Å². The van der Waals surface area contributed by atoms with Crippen molar-refractivity contribution in [2.24, 2.45) is 0 Å². The second-order valence-corrected chi connectivity index (χ2v) is 5.65. The smallest absolute Gasteiger partial charge is 0.259 e. The quantitative estimate of drug-likeness (QED) is 0.699. The van der Waals surface area contributed by atoms with Crippen molar-refractivity contribution in [3.05, 3.63) is 58.6 Å². The average Bonchev–Trinajstić information content (AvgIpc) is 2.61. The summed E-state index contributed by atoms with van der Waals surface area (Å²) in [7, 11) is 0. The minimum Gasteiger partial charge on any atom is -0.486 e. The number of aromatic amines is 1. The minimum absolute atomic E-state index is 0.220. The lowest BCUT2D eigenvalue weighted by Crippen LogP contribution is -2.20. The van der Waals surface area contributed by atoms with Gasteiger partial charge in [-0.3, -0.25) is 4.79 Å². The number of anilines is 1. The minimum atomic E-state index is -0.220. The lowest BCUT2D eigenvalue weighted by atomic mass is 10.2. The number of thiocarbonyl (C=S) groups is 1. The van der Waals surface area contributed by atoms with Gasteiger partial charge in [0.05, 0.1) is 10.9 Å². The van der Waals surface area contributed by atoms with Crippen LogP contribution < -0.4 is 20.3 Å². The van der Waals surface area contributed by atoms with Gasteiger partial charge in [0.25, 0.3) is 5.56 Å². The predicted molar refractivity (Wildman–Crippen MR) is 95.1 cm³/mol. The molecule has 6 nitrogen and oxygen atoms in total. The van der Waals surface area contributed by atoms with Crippen LogP contribution in [0.3, 0.4) is 0 Å². The first-order chi connectivity index (χ1) is 11.7. The molecule has 0 fully saturated rings. The lowest BCUT2D eigenvalue weighted by molar-refractivity contribution is 0.171. The number of benzene rings is 2. The Hall–Kier alpha value is -2.93. The van der Waals surface area contributed by atoms with E-state index in [-0.39, 0.29) is 5.56 Å². The molecule has 1 aromatic heterocycles. The molecule has 1 aliphatic heterocycles. The van der Waals surface area contributed by atoms with E-state index in [9.17, 15) is 4.79 Å². The van der Waals surface area contributed by atoms with Crippen molar-refractivity contribution in [1.82, 2.24) is 9.97 Å². The van der Waals surface area contributed by atoms with Gasteiger partial charge in [0, 0.05) is 11.8 Å². The summed E-state index contributed by atoms with van der Waals surface area (Å²) in [5, 5.41) is 3.59. The Bertz CT molecular complexity index is 1000. The predicted octanol–water partition coefficient (Wildman–Crippen LogP) is 2.48. The Balaban J connectivity index is 1.63. The van der Waals surface area contributed by atoms with Crippen molar-refractivity contribution in [3.63, 3.8) is 0 Å². The van der Waals surface area contributed by atoms with E-state index < -0.39 is 0 Å². The first-order valence-corrected chi connectivity index (χ1v) is 7.81. The Morgan fingerprint density at radius 3 is 2.79 bits per heavy atom. The van der Waals surface area contributed by atoms with Gasteiger partial charge >= 0.3 is 0 Å². The molecule has 3 aromatic rings. The first-order valence-electron chi connectivity index (χ1n) is 7.41. The molecule has 0 aliphatic carbocycles. The molecule has 2 heterocycles. The third kappa shape index (κ3) is 2.69. The van der Waals surface area contributed by atoms with Crippen molar-refractivity contribution in [2.75, 3.05) is 18.5 Å². The highest BCUT2D eigenvalue weighted by Gasteiger charge is 2.13. The fraction of sp³-hybridized carbons (Fsp3) is 0.118. The molecule has 0 saturated carbocycles. The van der Waals surface area contributed by atoms with Crippen LogP contribution in [0.25, 0.3) is 10.9 Å². The molecule has 2 aromatic carbocycles. The average molecular weight is 339 g/mol. The van der Waals surface area contributed by atoms with Gasteiger partial charge in [-0.2, -0.15) is 0 Å². The zero-order valence-corrected chi connectivity index (χ0v) is 13.4. The summed E-state index contributed by atoms with van der Waals surface area (Å²) in [6.07, 6.45) is 0. The third-order valence-electron chi connectivity index (χ3n) is 3.63. The summed E-state index contributed by atoms with van der Waals surface area (Å²) < 4.78 is 11.0. The Kier molecular flexibility index (Phi) is 3.62. The van der Waals surface area contributed by atoms with Crippen LogP contribution >= 0.6 is 12.2 Å². The monoisotopic (exact) mass is 339 g/mol. The van der Waals surface area contributed by atoms with Crippen molar-refractivity contribution in [3.8, 4) is 11.5 Å². The third-order valence-corrected chi connectivity index (χ3v) is 3.92. The highest BCUT2D eigenvalue weighted by atomic mass is 32.1. The van der Waals surface area contributed by atoms with Crippen LogP contribution in [0, 0.1) is 0 Å². The van der Waals surface area contributed by atoms with Crippen molar-refractivity contribution >= 4 is 33.8 Å². The first kappa shape index (κ1) is 14.6. The molecule has 0 radical (unpaired) electrons. The van der Waals surface area contributed by atoms with E-state index in [2.05, 4.69) is 15.3 Å². The molecular formula is C17H13N3O3S. The number of H-pyrrole nitrogens is 1. The van der Waals surface area contributed by atoms with Crippen LogP contribution in [0.5, 0.6) is 11.5 Å². The van der Waals surface area contributed by atoms with E-state index in [1.807, 2.05) is 18.2 Å². The number of hydrogen-bond donors (Lipinski definition) is 2. The topological polar surface area (TPSA) is 76.2 Å². The summed E-state index contributed by atoms with van der Waals surface area (Å²) in [5.41, 5.74) is 1.12. The van der Waals surface area contributed by atoms with Gasteiger partial charge in [0.2, 0.25) is 0 Å². The van der Waals surface area contributed by atoms with Crippen LogP contribution in [-0.4, -0.2) is 28.2 Å². The van der Waals surface area contributed by atoms with Crippen molar-refractivity contribution < 1.29 is 9.47 Å². The number of nitrogens with zero attached hydrogens (tertiary/aromatic N) is 1. The highest BCUT2D eigenvalue weighted by Crippen LogP contribution is 2.32. The zero-order chi connectivity index (χ0) is 16.5. The molecule has 2 N–H and O–H groups in total. The van der Waals surface area contributed by atoms with E-state index in [4.69, 9.17) is 21.7 Å². The molecule has 0 spiro atoms. The number of rotatable bonds is 2. The number of para-hydroxylation sites is 1. The number of aromatic nitrogens is 2. The largest absolute Gasteiger partial charge is 0.486 e. The van der Waals surface area contributed by atoms with Crippen LogP contribution in [0.4, 0.5) is 5.69 Å². The Labute approximate surface area is 142 Å². The second kappa shape index (κ2) is 5.93. The normalized spacial score (nSPS) is 12.8. The molecular weight excluding hydrogens is 326 g/mol. The molecule has 7 heteroatoms. The zero-order valence-electron chi connectivity index (χ0n) is 12.5. The molecule has 4 rings (SSSR count). The van der Waals surface area contributed by atoms with Crippen LogP contribution in [0.1, 0.15) is 5.82 Å². The van der Waals surface area contributed by atoms with Gasteiger partial charge in [0.15, 0.2) is 17.3 Å². The van der Waals surface area contributed by atoms with Crippen molar-refractivity contribution in [2.45, 2.75) is 0 Å². The summed E-state index contributed by atoms with van der Waals surface area (Å²) in [6, 6.07) is 12.6. The van der Waals surface area contributed by atoms with E-state index in [1.165, 1.54) is 0 Å². The number of hydrogen-bond acceptors (Lipinski definition) is 5. The lowest BCUT2D eigenvalue weighted by Gasteiger charge is -2.19. The molecule has 0 saturated heterocycles. The summed E-state index contributed by atoms with van der Waals surface area (Å²) in [4.78, 5) is 19.6. The van der Waals surface area contributed by atoms with Crippen LogP contribution in [0.2, 0.25) is 0 Å². The Morgan fingerprint density at radius 1 is 1.12 bits per heavy atom. The van der Waals surface area contributed by atoms with Gasteiger partial charge in [-0.15, -0.1) is 0 Å². The fourth-order valence-electron chi connectivity index (χ4n) is 2.51. The highest BCUT2D eigenvalue weighted by molar-refractivity contribution is 7.81. The SMILES string of the molecule is O=c1[nH]c(C(=S)Nc2ccc3c(c2)OCCO3)nc2ccccc12. The fourth-order valence-corrected chi connectivity index (χ4v) is 2.72. The molecule has 24 heavy (non-hydrogen) atoms. The van der Waals surface area contributed by atoms with Crippen molar-refractivity contribution in [1.29, 1.82) is 0 Å². The van der Waals surface area contributed by atoms with Crippen LogP contribution in [-0.2, 0) is 0 Å². The summed E-state index contributed by atoms with van der Waals surface area (Å²) >= 11 is 5.36. The number of ether oxygens (including phenoxy) is 2. The molecule has 120 valence electrons. The molecule has 0 atom stereocenters. The summed E-state index contributed by atoms with van der Waals surface area (Å²) in [6.45, 7) is 1.06. The maximum Gasteiger partial charge on any atom is 0.259 e. The van der Waals surface area contributed by atoms with E-state index >= 15 is 0 Å². The maximum absolute atomic E-state index is 12.1. The van der Waals surface area contributed by atoms with E-state index in [0.29, 0.717) is 46.4 Å². The standard InChI is InChI=1S/C17H13N3O3S/c21-16-11-3-1-2-4-12(11)19-15(20-16)17(24)18-10-5-6-13-14(9-10)23-8-7-22-13/h1-6,9H,7-8H2,(H,18,24)(H,19,20,21). The van der Waals surface area contributed by atoms with Gasteiger partial charge in [0.1, 0.15) is 18.2 Å². The summed E-state index contributed by atoms with van der Waals surface area (Å²) in [5.74, 6) is 1.69. The molecule has 0 amide bonds. The second-order valence-electron chi connectivity index (χ2n) is 5.24. The molecule has 0 unspecified atom stereocenters. The van der Waals surface area contributed by atoms with Gasteiger partial charge in [-0.1, -0.05) is 24.4 Å².